The van der Waals surface area contributed by atoms with Gasteiger partial charge in [-0.1, -0.05) is 18.2 Å². The molecule has 0 N–H and O–H groups in total. The highest BCUT2D eigenvalue weighted by Crippen LogP contribution is 2.13. The predicted octanol–water partition coefficient (Wildman–Crippen LogP) is 2.99. The second-order valence-corrected chi connectivity index (χ2v) is 4.30. The van der Waals surface area contributed by atoms with Gasteiger partial charge in [0.15, 0.2) is 6.73 Å². The van der Waals surface area contributed by atoms with E-state index < -0.39 is 5.97 Å². The highest BCUT2D eigenvalue weighted by atomic mass is 19.1. The van der Waals surface area contributed by atoms with Gasteiger partial charge < -0.3 is 4.74 Å². The van der Waals surface area contributed by atoms with Crippen LogP contribution in [0.5, 0.6) is 0 Å². The minimum Gasteiger partial charge on any atom is -0.439 e. The molecule has 0 aliphatic heterocycles. The van der Waals surface area contributed by atoms with Gasteiger partial charge in [0.2, 0.25) is 0 Å². The van der Waals surface area contributed by atoms with Crippen LogP contribution in [0.15, 0.2) is 54.7 Å². The van der Waals surface area contributed by atoms with E-state index in [0.717, 1.165) is 0 Å². The van der Waals surface area contributed by atoms with Gasteiger partial charge in [-0.25, -0.2) is 13.9 Å². The molecule has 0 unspecified atom stereocenters. The smallest absolute Gasteiger partial charge is 0.339 e. The third kappa shape index (κ3) is 2.51. The molecule has 0 aliphatic carbocycles. The van der Waals surface area contributed by atoms with Crippen molar-refractivity contribution >= 4 is 16.9 Å². The summed E-state index contributed by atoms with van der Waals surface area (Å²) in [6.45, 7) is -0.00989. The summed E-state index contributed by atoms with van der Waals surface area (Å²) in [4.78, 5) is 11.8. The average Bonchev–Trinajstić information content (AvgIpc) is 2.87. The minimum absolute atomic E-state index is 0.00989. The molecule has 0 saturated heterocycles. The summed E-state index contributed by atoms with van der Waals surface area (Å²) in [5, 5.41) is 4.86. The highest BCUT2D eigenvalue weighted by molar-refractivity contribution is 5.89. The van der Waals surface area contributed by atoms with E-state index in [1.807, 2.05) is 6.07 Å². The maximum absolute atomic E-state index is 13.1. The Bertz CT molecular complexity index is 753. The molecule has 2 aromatic carbocycles. The summed E-state index contributed by atoms with van der Waals surface area (Å²) in [5.74, 6) is -0.741. The summed E-state index contributed by atoms with van der Waals surface area (Å²) in [6, 6.07) is 13.0. The first-order valence-corrected chi connectivity index (χ1v) is 6.07. The summed E-state index contributed by atoms with van der Waals surface area (Å²) in [6.07, 6.45) is 1.64. The predicted molar refractivity (Wildman–Crippen MR) is 71.5 cm³/mol. The maximum atomic E-state index is 13.1. The average molecular weight is 270 g/mol. The van der Waals surface area contributed by atoms with Crippen molar-refractivity contribution in [2.45, 2.75) is 6.73 Å². The van der Waals surface area contributed by atoms with E-state index in [0.29, 0.717) is 16.5 Å². The van der Waals surface area contributed by atoms with Gasteiger partial charge in [0.25, 0.3) is 0 Å². The van der Waals surface area contributed by atoms with Crippen molar-refractivity contribution in [2.24, 2.45) is 0 Å². The summed E-state index contributed by atoms with van der Waals surface area (Å²) in [5.41, 5.74) is 1.14. The number of rotatable bonds is 3. The largest absolute Gasteiger partial charge is 0.439 e. The fourth-order valence-electron chi connectivity index (χ4n) is 1.90. The van der Waals surface area contributed by atoms with Gasteiger partial charge in [-0.2, -0.15) is 5.10 Å². The van der Waals surface area contributed by atoms with Gasteiger partial charge in [-0.05, 0) is 30.3 Å². The number of benzene rings is 2. The maximum Gasteiger partial charge on any atom is 0.339 e. The van der Waals surface area contributed by atoms with Crippen molar-refractivity contribution in [1.29, 1.82) is 0 Å². The lowest BCUT2D eigenvalue weighted by atomic mass is 10.2. The Morgan fingerprint density at radius 3 is 2.80 bits per heavy atom. The van der Waals surface area contributed by atoms with Crippen LogP contribution in [0.4, 0.5) is 4.39 Å². The zero-order chi connectivity index (χ0) is 13.9. The van der Waals surface area contributed by atoms with E-state index in [2.05, 4.69) is 5.10 Å². The lowest BCUT2D eigenvalue weighted by molar-refractivity contribution is 0.0351. The molecule has 1 aromatic heterocycles. The molecule has 0 amide bonds. The minimum atomic E-state index is -0.420. The van der Waals surface area contributed by atoms with E-state index in [1.54, 1.807) is 36.5 Å². The fraction of sp³-hybridized carbons (Fsp3) is 0.0667. The van der Waals surface area contributed by atoms with Gasteiger partial charge in [-0.3, -0.25) is 0 Å². The number of ether oxygens (including phenoxy) is 1. The quantitative estimate of drug-likeness (QED) is 0.687. The molecule has 0 atom stereocenters. The number of aromatic nitrogens is 2. The molecular weight excluding hydrogens is 259 g/mol. The second kappa shape index (κ2) is 5.13. The van der Waals surface area contributed by atoms with Crippen LogP contribution in [0.3, 0.4) is 0 Å². The highest BCUT2D eigenvalue weighted by Gasteiger charge is 2.07. The number of hydrogen-bond donors (Lipinski definition) is 0. The molecule has 0 bridgehead atoms. The zero-order valence-electron chi connectivity index (χ0n) is 10.5. The number of hydrogen-bond acceptors (Lipinski definition) is 3. The monoisotopic (exact) mass is 270 g/mol. The van der Waals surface area contributed by atoms with E-state index in [4.69, 9.17) is 4.74 Å². The van der Waals surface area contributed by atoms with E-state index in [-0.39, 0.29) is 12.5 Å². The van der Waals surface area contributed by atoms with Crippen molar-refractivity contribution in [2.75, 3.05) is 0 Å². The van der Waals surface area contributed by atoms with E-state index in [1.165, 1.54) is 16.8 Å². The number of nitrogens with zero attached hydrogens (tertiary/aromatic N) is 2. The Hall–Kier alpha value is -2.69. The number of carbonyl (C=O) groups is 1. The molecule has 100 valence electrons. The summed E-state index contributed by atoms with van der Waals surface area (Å²) in [7, 11) is 0. The Morgan fingerprint density at radius 2 is 2.00 bits per heavy atom. The third-order valence-electron chi connectivity index (χ3n) is 2.85. The SMILES string of the molecule is O=C(OCn1cc2cc(F)ccc2n1)c1ccccc1. The molecule has 0 aliphatic rings. The second-order valence-electron chi connectivity index (χ2n) is 4.30. The molecule has 3 rings (SSSR count). The van der Waals surface area contributed by atoms with Gasteiger partial charge in [0, 0.05) is 11.6 Å². The van der Waals surface area contributed by atoms with Crippen LogP contribution in [0.1, 0.15) is 10.4 Å². The van der Waals surface area contributed by atoms with Gasteiger partial charge in [0.1, 0.15) is 5.82 Å². The van der Waals surface area contributed by atoms with E-state index in [9.17, 15) is 9.18 Å². The lowest BCUT2D eigenvalue weighted by Crippen LogP contribution is -2.09. The standard InChI is InChI=1S/C15H11FN2O2/c16-13-6-7-14-12(8-13)9-18(17-14)10-20-15(19)11-4-2-1-3-5-11/h1-9H,10H2. The van der Waals surface area contributed by atoms with E-state index >= 15 is 0 Å². The van der Waals surface area contributed by atoms with Crippen molar-refractivity contribution < 1.29 is 13.9 Å². The van der Waals surface area contributed by atoms with Crippen LogP contribution in [-0.2, 0) is 11.5 Å². The first-order chi connectivity index (χ1) is 9.72. The van der Waals surface area contributed by atoms with Crippen molar-refractivity contribution in [1.82, 2.24) is 9.78 Å². The fourth-order valence-corrected chi connectivity index (χ4v) is 1.90. The molecule has 4 nitrogen and oxygen atoms in total. The Kier molecular flexibility index (Phi) is 3.16. The normalized spacial score (nSPS) is 10.7. The Morgan fingerprint density at radius 1 is 1.20 bits per heavy atom. The van der Waals surface area contributed by atoms with Crippen molar-refractivity contribution in [3.05, 3.63) is 66.1 Å². The zero-order valence-corrected chi connectivity index (χ0v) is 10.5. The van der Waals surface area contributed by atoms with Crippen LogP contribution in [0.2, 0.25) is 0 Å². The summed E-state index contributed by atoms with van der Waals surface area (Å²) >= 11 is 0. The molecule has 3 aromatic rings. The van der Waals surface area contributed by atoms with Gasteiger partial charge in [-0.15, -0.1) is 0 Å². The third-order valence-corrected chi connectivity index (χ3v) is 2.85. The molecule has 1 heterocycles. The molecule has 0 fully saturated rings. The molecule has 0 spiro atoms. The molecule has 0 saturated carbocycles. The first kappa shape index (κ1) is 12.3. The number of halogens is 1. The van der Waals surface area contributed by atoms with Crippen LogP contribution < -0.4 is 0 Å². The summed E-state index contributed by atoms with van der Waals surface area (Å²) < 4.78 is 19.7. The molecule has 20 heavy (non-hydrogen) atoms. The van der Waals surface area contributed by atoms with Crippen LogP contribution in [0, 0.1) is 5.82 Å². The number of esters is 1. The van der Waals surface area contributed by atoms with Crippen molar-refractivity contribution in [3.63, 3.8) is 0 Å². The van der Waals surface area contributed by atoms with Crippen LogP contribution in [-0.4, -0.2) is 15.7 Å². The van der Waals surface area contributed by atoms with Crippen molar-refractivity contribution in [3.8, 4) is 0 Å². The molecular formula is C15H11FN2O2. The molecule has 5 heteroatoms. The number of fused-ring (bicyclic) bond motifs is 1. The topological polar surface area (TPSA) is 44.1 Å². The van der Waals surface area contributed by atoms with Gasteiger partial charge >= 0.3 is 5.97 Å². The molecule has 0 radical (unpaired) electrons. The van der Waals surface area contributed by atoms with Crippen LogP contribution in [0.25, 0.3) is 10.9 Å². The lowest BCUT2D eigenvalue weighted by Gasteiger charge is -2.04. The Balaban J connectivity index is 1.72. The first-order valence-electron chi connectivity index (χ1n) is 6.07. The number of carbonyl (C=O) groups excluding carboxylic acids is 1. The van der Waals surface area contributed by atoms with Crippen LogP contribution >= 0.6 is 0 Å². The van der Waals surface area contributed by atoms with Gasteiger partial charge in [0.05, 0.1) is 11.1 Å². The Labute approximate surface area is 114 Å².